The van der Waals surface area contributed by atoms with E-state index >= 15 is 0 Å². The number of hydrogen-bond donors (Lipinski definition) is 0. The third kappa shape index (κ3) is 1.49. The van der Waals surface area contributed by atoms with Gasteiger partial charge in [0.1, 0.15) is 0 Å². The lowest BCUT2D eigenvalue weighted by atomic mass is 9.85. The second-order valence-electron chi connectivity index (χ2n) is 5.11. The average Bonchev–Trinajstić information content (AvgIpc) is 2.47. The maximum atomic E-state index is 4.81. The number of rotatable bonds is 0. The minimum absolute atomic E-state index is 1.01. The molecule has 1 aromatic carbocycles. The van der Waals surface area contributed by atoms with E-state index in [1.54, 1.807) is 0 Å². The Balaban J connectivity index is 2.13. The van der Waals surface area contributed by atoms with Crippen LogP contribution in [0.2, 0.25) is 0 Å². The van der Waals surface area contributed by atoms with Gasteiger partial charge in [0.2, 0.25) is 0 Å². The number of aromatic nitrogens is 2. The smallest absolute Gasteiger partial charge is 0.0891 e. The first-order valence-corrected chi connectivity index (χ1v) is 6.66. The molecule has 0 aliphatic heterocycles. The number of fused-ring (bicyclic) bond motifs is 4. The largest absolute Gasteiger partial charge is 0.262 e. The maximum Gasteiger partial charge on any atom is 0.0891 e. The third-order valence-electron chi connectivity index (χ3n) is 4.04. The predicted molar refractivity (Wildman–Crippen MR) is 77.1 cm³/mol. The molecule has 0 atom stereocenters. The summed E-state index contributed by atoms with van der Waals surface area (Å²) in [4.78, 5) is 9.00. The van der Waals surface area contributed by atoms with E-state index < -0.39 is 0 Å². The lowest BCUT2D eigenvalue weighted by Crippen LogP contribution is -2.08. The van der Waals surface area contributed by atoms with E-state index in [2.05, 4.69) is 42.2 Å². The molecule has 0 N–H and O–H groups in total. The molecule has 19 heavy (non-hydrogen) atoms. The van der Waals surface area contributed by atoms with Gasteiger partial charge in [-0.1, -0.05) is 24.3 Å². The van der Waals surface area contributed by atoms with Gasteiger partial charge in [-0.05, 0) is 42.5 Å². The molecule has 0 saturated carbocycles. The van der Waals surface area contributed by atoms with E-state index in [1.807, 2.05) is 12.4 Å². The Labute approximate surface area is 112 Å². The first-order valence-electron chi connectivity index (χ1n) is 6.66. The highest BCUT2D eigenvalue weighted by Crippen LogP contribution is 2.37. The van der Waals surface area contributed by atoms with Crippen molar-refractivity contribution in [2.45, 2.75) is 19.8 Å². The van der Waals surface area contributed by atoms with Crippen molar-refractivity contribution in [3.8, 4) is 11.1 Å². The Morgan fingerprint density at radius 2 is 1.95 bits per heavy atom. The quantitative estimate of drug-likeness (QED) is 0.604. The second kappa shape index (κ2) is 3.89. The standard InChI is InChI=1S/C17H14N2/c1-11-13-8-9-18-10-16(13)19-15-7-6-12-4-2-3-5-14(12)17(11)15/h2-5,8-10H,6-7H2,1H3. The Kier molecular flexibility index (Phi) is 2.18. The van der Waals surface area contributed by atoms with Gasteiger partial charge in [-0.3, -0.25) is 9.97 Å². The van der Waals surface area contributed by atoms with Crippen LogP contribution in [0.3, 0.4) is 0 Å². The minimum Gasteiger partial charge on any atom is -0.262 e. The fourth-order valence-electron chi connectivity index (χ4n) is 3.12. The summed E-state index contributed by atoms with van der Waals surface area (Å²) in [6.45, 7) is 2.20. The molecular weight excluding hydrogens is 232 g/mol. The predicted octanol–water partition coefficient (Wildman–Crippen LogP) is 3.70. The lowest BCUT2D eigenvalue weighted by molar-refractivity contribution is 0.901. The van der Waals surface area contributed by atoms with Crippen LogP contribution in [0.5, 0.6) is 0 Å². The first kappa shape index (κ1) is 10.7. The molecule has 0 bridgehead atoms. The molecule has 2 heterocycles. The molecule has 1 aliphatic carbocycles. The molecule has 2 aromatic heterocycles. The van der Waals surface area contributed by atoms with E-state index in [0.29, 0.717) is 0 Å². The first-order chi connectivity index (χ1) is 9.34. The van der Waals surface area contributed by atoms with Gasteiger partial charge in [-0.2, -0.15) is 0 Å². The van der Waals surface area contributed by atoms with E-state index in [0.717, 1.165) is 18.4 Å². The second-order valence-corrected chi connectivity index (χ2v) is 5.11. The molecular formula is C17H14N2. The maximum absolute atomic E-state index is 4.81. The summed E-state index contributed by atoms with van der Waals surface area (Å²) in [7, 11) is 0. The summed E-state index contributed by atoms with van der Waals surface area (Å²) in [5.74, 6) is 0. The molecule has 2 heteroatoms. The minimum atomic E-state index is 1.01. The molecule has 4 rings (SSSR count). The monoisotopic (exact) mass is 246 g/mol. The summed E-state index contributed by atoms with van der Waals surface area (Å²) in [5.41, 5.74) is 7.69. The van der Waals surface area contributed by atoms with Crippen molar-refractivity contribution < 1.29 is 0 Å². The van der Waals surface area contributed by atoms with Crippen molar-refractivity contribution in [2.75, 3.05) is 0 Å². The third-order valence-corrected chi connectivity index (χ3v) is 4.04. The molecule has 92 valence electrons. The summed E-state index contributed by atoms with van der Waals surface area (Å²) >= 11 is 0. The SMILES string of the molecule is Cc1c2c(nc3cnccc13)CCc1ccccc1-2. The van der Waals surface area contributed by atoms with Gasteiger partial charge < -0.3 is 0 Å². The van der Waals surface area contributed by atoms with E-state index in [1.165, 1.54) is 33.3 Å². The van der Waals surface area contributed by atoms with Crippen LogP contribution in [0.15, 0.2) is 42.7 Å². The van der Waals surface area contributed by atoms with Crippen LogP contribution in [0.4, 0.5) is 0 Å². The topological polar surface area (TPSA) is 25.8 Å². The average molecular weight is 246 g/mol. The van der Waals surface area contributed by atoms with Crippen LogP contribution in [-0.2, 0) is 12.8 Å². The molecule has 1 aliphatic rings. The van der Waals surface area contributed by atoms with Crippen LogP contribution in [0.1, 0.15) is 16.8 Å². The Morgan fingerprint density at radius 3 is 2.89 bits per heavy atom. The molecule has 0 saturated heterocycles. The molecule has 0 unspecified atom stereocenters. The summed E-state index contributed by atoms with van der Waals surface area (Å²) < 4.78 is 0. The van der Waals surface area contributed by atoms with Crippen LogP contribution in [-0.4, -0.2) is 9.97 Å². The van der Waals surface area contributed by atoms with Crippen LogP contribution in [0, 0.1) is 6.92 Å². The van der Waals surface area contributed by atoms with Crippen molar-refractivity contribution >= 4 is 10.9 Å². The molecule has 0 spiro atoms. The van der Waals surface area contributed by atoms with E-state index in [4.69, 9.17) is 4.98 Å². The van der Waals surface area contributed by atoms with Crippen molar-refractivity contribution in [1.82, 2.24) is 9.97 Å². The Bertz CT molecular complexity index is 790. The lowest BCUT2D eigenvalue weighted by Gasteiger charge is -2.22. The highest BCUT2D eigenvalue weighted by Gasteiger charge is 2.20. The van der Waals surface area contributed by atoms with Gasteiger partial charge in [-0.25, -0.2) is 0 Å². The number of nitrogens with zero attached hydrogens (tertiary/aromatic N) is 2. The number of hydrogen-bond acceptors (Lipinski definition) is 2. The fraction of sp³-hybridized carbons (Fsp3) is 0.176. The van der Waals surface area contributed by atoms with E-state index in [-0.39, 0.29) is 0 Å². The summed E-state index contributed by atoms with van der Waals surface area (Å²) in [6.07, 6.45) is 5.82. The highest BCUT2D eigenvalue weighted by molar-refractivity contribution is 5.90. The fourth-order valence-corrected chi connectivity index (χ4v) is 3.12. The number of aryl methyl sites for hydroxylation is 3. The molecule has 0 fully saturated rings. The van der Waals surface area contributed by atoms with Crippen molar-refractivity contribution in [3.05, 3.63) is 59.5 Å². The molecule has 3 aromatic rings. The summed E-state index contributed by atoms with van der Waals surface area (Å²) in [5, 5.41) is 1.21. The van der Waals surface area contributed by atoms with Crippen molar-refractivity contribution in [1.29, 1.82) is 0 Å². The van der Waals surface area contributed by atoms with E-state index in [9.17, 15) is 0 Å². The molecule has 2 nitrogen and oxygen atoms in total. The van der Waals surface area contributed by atoms with Gasteiger partial charge in [-0.15, -0.1) is 0 Å². The van der Waals surface area contributed by atoms with Gasteiger partial charge in [0.15, 0.2) is 0 Å². The molecule has 0 radical (unpaired) electrons. The van der Waals surface area contributed by atoms with Gasteiger partial charge >= 0.3 is 0 Å². The van der Waals surface area contributed by atoms with Crippen LogP contribution in [0.25, 0.3) is 22.0 Å². The van der Waals surface area contributed by atoms with Crippen LogP contribution >= 0.6 is 0 Å². The number of pyridine rings is 2. The Hall–Kier alpha value is -2.22. The zero-order chi connectivity index (χ0) is 12.8. The zero-order valence-corrected chi connectivity index (χ0v) is 10.9. The van der Waals surface area contributed by atoms with Gasteiger partial charge in [0.05, 0.1) is 11.7 Å². The zero-order valence-electron chi connectivity index (χ0n) is 10.9. The van der Waals surface area contributed by atoms with Crippen LogP contribution < -0.4 is 0 Å². The van der Waals surface area contributed by atoms with Gasteiger partial charge in [0, 0.05) is 22.8 Å². The number of benzene rings is 1. The summed E-state index contributed by atoms with van der Waals surface area (Å²) in [6, 6.07) is 10.8. The molecule has 0 amide bonds. The highest BCUT2D eigenvalue weighted by atomic mass is 14.7. The normalized spacial score (nSPS) is 13.1. The van der Waals surface area contributed by atoms with Crippen molar-refractivity contribution in [3.63, 3.8) is 0 Å². The Morgan fingerprint density at radius 1 is 1.05 bits per heavy atom. The van der Waals surface area contributed by atoms with Crippen molar-refractivity contribution in [2.24, 2.45) is 0 Å². The van der Waals surface area contributed by atoms with Gasteiger partial charge in [0.25, 0.3) is 0 Å².